The van der Waals surface area contributed by atoms with Gasteiger partial charge in [-0.15, -0.1) is 0 Å². The van der Waals surface area contributed by atoms with E-state index in [9.17, 15) is 10.1 Å². The van der Waals surface area contributed by atoms with E-state index in [-0.39, 0.29) is 11.7 Å². The molecule has 0 fully saturated rings. The highest BCUT2D eigenvalue weighted by Crippen LogP contribution is 2.23. The lowest BCUT2D eigenvalue weighted by molar-refractivity contribution is -0.384. The summed E-state index contributed by atoms with van der Waals surface area (Å²) in [5.74, 6) is 0.839. The number of benzene rings is 2. The predicted octanol–water partition coefficient (Wildman–Crippen LogP) is 4.17. The van der Waals surface area contributed by atoms with Crippen molar-refractivity contribution in [3.63, 3.8) is 0 Å². The first kappa shape index (κ1) is 14.8. The molecule has 0 aliphatic carbocycles. The third-order valence-electron chi connectivity index (χ3n) is 3.15. The first-order valence-electron chi connectivity index (χ1n) is 6.84. The fourth-order valence-corrected chi connectivity index (χ4v) is 2.03. The van der Waals surface area contributed by atoms with Gasteiger partial charge in [-0.2, -0.15) is 0 Å². The molecule has 2 rings (SSSR count). The number of ether oxygens (including phenoxy) is 1. The Bertz CT molecular complexity index is 594. The highest BCUT2D eigenvalue weighted by atomic mass is 16.6. The van der Waals surface area contributed by atoms with E-state index in [1.807, 2.05) is 38.1 Å². The minimum absolute atomic E-state index is 0.0590. The van der Waals surface area contributed by atoms with Gasteiger partial charge in [0.1, 0.15) is 5.75 Å². The highest BCUT2D eigenvalue weighted by Gasteiger charge is 2.09. The van der Waals surface area contributed by atoms with Gasteiger partial charge in [0.2, 0.25) is 0 Å². The Morgan fingerprint density at radius 1 is 1.14 bits per heavy atom. The van der Waals surface area contributed by atoms with E-state index in [1.54, 1.807) is 12.1 Å². The van der Waals surface area contributed by atoms with Gasteiger partial charge >= 0.3 is 0 Å². The molecule has 0 aliphatic heterocycles. The van der Waals surface area contributed by atoms with Crippen LogP contribution in [0, 0.1) is 10.1 Å². The number of nitrogens with one attached hydrogen (secondary N) is 1. The largest absolute Gasteiger partial charge is 0.494 e. The smallest absolute Gasteiger partial charge is 0.269 e. The molecule has 0 saturated carbocycles. The van der Waals surface area contributed by atoms with Crippen molar-refractivity contribution >= 4 is 11.4 Å². The lowest BCUT2D eigenvalue weighted by atomic mass is 10.1. The summed E-state index contributed by atoms with van der Waals surface area (Å²) in [7, 11) is 0. The second kappa shape index (κ2) is 6.74. The van der Waals surface area contributed by atoms with Crippen LogP contribution >= 0.6 is 0 Å². The van der Waals surface area contributed by atoms with E-state index in [0.29, 0.717) is 6.61 Å². The molecule has 1 atom stereocenters. The van der Waals surface area contributed by atoms with E-state index in [0.717, 1.165) is 17.0 Å². The topological polar surface area (TPSA) is 64.4 Å². The van der Waals surface area contributed by atoms with Crippen LogP contribution in [0.15, 0.2) is 48.5 Å². The molecule has 1 N–H and O–H groups in total. The minimum atomic E-state index is -0.395. The van der Waals surface area contributed by atoms with Crippen molar-refractivity contribution in [1.29, 1.82) is 0 Å². The highest BCUT2D eigenvalue weighted by molar-refractivity contribution is 5.48. The Labute approximate surface area is 123 Å². The summed E-state index contributed by atoms with van der Waals surface area (Å²) in [6, 6.07) is 14.4. The van der Waals surface area contributed by atoms with Gasteiger partial charge in [0, 0.05) is 23.9 Å². The van der Waals surface area contributed by atoms with Gasteiger partial charge in [0.25, 0.3) is 5.69 Å². The van der Waals surface area contributed by atoms with Crippen LogP contribution in [-0.2, 0) is 0 Å². The predicted molar refractivity (Wildman–Crippen MR) is 82.7 cm³/mol. The molecule has 0 aromatic heterocycles. The Balaban J connectivity index is 2.03. The number of nitro groups is 1. The summed E-state index contributed by atoms with van der Waals surface area (Å²) in [6.07, 6.45) is 0. The van der Waals surface area contributed by atoms with Crippen LogP contribution in [0.3, 0.4) is 0 Å². The van der Waals surface area contributed by atoms with Crippen molar-refractivity contribution in [3.05, 3.63) is 64.2 Å². The maximum Gasteiger partial charge on any atom is 0.269 e. The number of nitrogens with zero attached hydrogens (tertiary/aromatic N) is 1. The molecule has 0 aliphatic rings. The second-order valence-corrected chi connectivity index (χ2v) is 4.67. The zero-order chi connectivity index (χ0) is 15.2. The van der Waals surface area contributed by atoms with Gasteiger partial charge in [0.05, 0.1) is 11.5 Å². The third-order valence-corrected chi connectivity index (χ3v) is 3.15. The molecule has 0 amide bonds. The standard InChI is InChI=1S/C16H18N2O3/c1-3-21-16-10-6-14(7-11-16)17-12(2)13-4-8-15(9-5-13)18(19)20/h4-12,17H,3H2,1-2H3. The van der Waals surface area contributed by atoms with E-state index < -0.39 is 4.92 Å². The Kier molecular flexibility index (Phi) is 4.77. The van der Waals surface area contributed by atoms with Crippen LogP contribution in [0.25, 0.3) is 0 Å². The summed E-state index contributed by atoms with van der Waals surface area (Å²) in [5.41, 5.74) is 2.07. The van der Waals surface area contributed by atoms with Crippen LogP contribution in [-0.4, -0.2) is 11.5 Å². The number of anilines is 1. The molecule has 0 radical (unpaired) electrons. The van der Waals surface area contributed by atoms with Gasteiger partial charge < -0.3 is 10.1 Å². The van der Waals surface area contributed by atoms with E-state index >= 15 is 0 Å². The van der Waals surface area contributed by atoms with E-state index in [1.165, 1.54) is 12.1 Å². The molecule has 0 bridgehead atoms. The van der Waals surface area contributed by atoms with Crippen LogP contribution < -0.4 is 10.1 Å². The minimum Gasteiger partial charge on any atom is -0.494 e. The summed E-state index contributed by atoms with van der Waals surface area (Å²) in [4.78, 5) is 10.2. The number of non-ortho nitro benzene ring substituents is 1. The average Bonchev–Trinajstić information content (AvgIpc) is 2.49. The number of hydrogen-bond donors (Lipinski definition) is 1. The molecule has 0 spiro atoms. The van der Waals surface area contributed by atoms with Crippen LogP contribution in [0.1, 0.15) is 25.5 Å². The number of nitro benzene ring substituents is 1. The maximum atomic E-state index is 10.6. The molecule has 21 heavy (non-hydrogen) atoms. The van der Waals surface area contributed by atoms with Gasteiger partial charge in [-0.3, -0.25) is 10.1 Å². The molecule has 5 heteroatoms. The fraction of sp³-hybridized carbons (Fsp3) is 0.250. The van der Waals surface area contributed by atoms with Crippen molar-refractivity contribution < 1.29 is 9.66 Å². The lowest BCUT2D eigenvalue weighted by Crippen LogP contribution is -2.06. The van der Waals surface area contributed by atoms with Crippen LogP contribution in [0.4, 0.5) is 11.4 Å². The van der Waals surface area contributed by atoms with Crippen molar-refractivity contribution in [2.45, 2.75) is 19.9 Å². The first-order valence-corrected chi connectivity index (χ1v) is 6.84. The van der Waals surface area contributed by atoms with E-state index in [2.05, 4.69) is 5.32 Å². The molecule has 0 heterocycles. The molecule has 0 saturated heterocycles. The number of hydrogen-bond acceptors (Lipinski definition) is 4. The third kappa shape index (κ3) is 3.95. The van der Waals surface area contributed by atoms with Crippen molar-refractivity contribution in [2.75, 3.05) is 11.9 Å². The normalized spacial score (nSPS) is 11.7. The second-order valence-electron chi connectivity index (χ2n) is 4.67. The van der Waals surface area contributed by atoms with Gasteiger partial charge in [-0.1, -0.05) is 12.1 Å². The monoisotopic (exact) mass is 286 g/mol. The van der Waals surface area contributed by atoms with Crippen LogP contribution in [0.2, 0.25) is 0 Å². The molecular weight excluding hydrogens is 268 g/mol. The summed E-state index contributed by atoms with van der Waals surface area (Å²) in [6.45, 7) is 4.60. The summed E-state index contributed by atoms with van der Waals surface area (Å²) >= 11 is 0. The SMILES string of the molecule is CCOc1ccc(NC(C)c2ccc([N+](=O)[O-])cc2)cc1. The first-order chi connectivity index (χ1) is 10.1. The zero-order valence-corrected chi connectivity index (χ0v) is 12.1. The van der Waals surface area contributed by atoms with Gasteiger partial charge in [0.15, 0.2) is 0 Å². The molecule has 5 nitrogen and oxygen atoms in total. The van der Waals surface area contributed by atoms with Gasteiger partial charge in [-0.25, -0.2) is 0 Å². The van der Waals surface area contributed by atoms with Crippen molar-refractivity contribution in [2.24, 2.45) is 0 Å². The number of rotatable bonds is 6. The Morgan fingerprint density at radius 2 is 1.76 bits per heavy atom. The van der Waals surface area contributed by atoms with Crippen molar-refractivity contribution in [1.82, 2.24) is 0 Å². The quantitative estimate of drug-likeness (QED) is 0.639. The Morgan fingerprint density at radius 3 is 2.29 bits per heavy atom. The zero-order valence-electron chi connectivity index (χ0n) is 12.1. The van der Waals surface area contributed by atoms with Crippen LogP contribution in [0.5, 0.6) is 5.75 Å². The maximum absolute atomic E-state index is 10.6. The fourth-order valence-electron chi connectivity index (χ4n) is 2.03. The Hall–Kier alpha value is -2.56. The van der Waals surface area contributed by atoms with E-state index in [4.69, 9.17) is 4.74 Å². The average molecular weight is 286 g/mol. The lowest BCUT2D eigenvalue weighted by Gasteiger charge is -2.16. The van der Waals surface area contributed by atoms with Crippen molar-refractivity contribution in [3.8, 4) is 5.75 Å². The molecule has 110 valence electrons. The molecule has 2 aromatic carbocycles. The molecule has 2 aromatic rings. The summed E-state index contributed by atoms with van der Waals surface area (Å²) in [5, 5.41) is 14.0. The van der Waals surface area contributed by atoms with Gasteiger partial charge in [-0.05, 0) is 43.7 Å². The molecular formula is C16H18N2O3. The molecule has 1 unspecified atom stereocenters. The summed E-state index contributed by atoms with van der Waals surface area (Å²) < 4.78 is 5.39.